The maximum Gasteiger partial charge on any atom is 0.238 e. The van der Waals surface area contributed by atoms with Gasteiger partial charge in [-0.2, -0.15) is 0 Å². The molecule has 1 fully saturated rings. The Bertz CT molecular complexity index is 611. The first-order valence-electron chi connectivity index (χ1n) is 7.89. The number of benzene rings is 1. The summed E-state index contributed by atoms with van der Waals surface area (Å²) in [5, 5.41) is 14.3. The van der Waals surface area contributed by atoms with Crippen molar-refractivity contribution in [2.75, 3.05) is 26.7 Å². The summed E-state index contributed by atoms with van der Waals surface area (Å²) < 4.78 is 6.99. The van der Waals surface area contributed by atoms with Crippen LogP contribution >= 0.6 is 24.8 Å². The molecular formula is C17H25Cl2N3O2. The highest BCUT2D eigenvalue weighted by Gasteiger charge is 2.13. The molecule has 0 atom stereocenters. The minimum atomic E-state index is 0. The van der Waals surface area contributed by atoms with Crippen molar-refractivity contribution in [1.82, 2.24) is 14.7 Å². The summed E-state index contributed by atoms with van der Waals surface area (Å²) in [6.45, 7) is 4.16. The van der Waals surface area contributed by atoms with Gasteiger partial charge in [0.25, 0.3) is 0 Å². The molecule has 0 bridgehead atoms. The fraction of sp³-hybridized carbons (Fsp3) is 0.471. The summed E-state index contributed by atoms with van der Waals surface area (Å²) in [6, 6.07) is 7.65. The average molecular weight is 374 g/mol. The van der Waals surface area contributed by atoms with E-state index in [2.05, 4.69) is 10.00 Å². The van der Waals surface area contributed by atoms with Crippen LogP contribution in [0, 0.1) is 0 Å². The first kappa shape index (κ1) is 20.6. The predicted molar refractivity (Wildman–Crippen MR) is 101 cm³/mol. The monoisotopic (exact) mass is 373 g/mol. The molecule has 1 aromatic carbocycles. The van der Waals surface area contributed by atoms with Gasteiger partial charge < -0.3 is 14.7 Å². The number of methoxy groups -OCH3 is 1. The lowest BCUT2D eigenvalue weighted by Gasteiger charge is -2.26. The summed E-state index contributed by atoms with van der Waals surface area (Å²) in [7, 11) is 1.64. The number of nitrogens with zero attached hydrogens (tertiary/aromatic N) is 3. The Morgan fingerprint density at radius 2 is 1.71 bits per heavy atom. The van der Waals surface area contributed by atoms with Gasteiger partial charge in [0.1, 0.15) is 5.75 Å². The molecule has 134 valence electrons. The second kappa shape index (κ2) is 9.77. The molecule has 0 amide bonds. The molecule has 0 unspecified atom stereocenters. The molecule has 2 aromatic rings. The molecule has 2 heterocycles. The number of aromatic hydroxyl groups is 1. The third kappa shape index (κ3) is 5.03. The van der Waals surface area contributed by atoms with Gasteiger partial charge in [0.05, 0.1) is 19.2 Å². The van der Waals surface area contributed by atoms with Gasteiger partial charge in [-0.15, -0.1) is 29.9 Å². The van der Waals surface area contributed by atoms with E-state index in [1.165, 1.54) is 32.4 Å². The van der Waals surface area contributed by atoms with Gasteiger partial charge in [-0.05, 0) is 43.6 Å². The molecule has 0 aliphatic carbocycles. The standard InChI is InChI=1S/C17H23N3O2.2ClH/c1-22-15-7-5-14(6-8-15)16-13-20(18-17(16)21)12-11-19-9-3-2-4-10-19;;/h5-8,13H,2-4,9-12H2,1H3,(H,18,21);2*1H. The number of aromatic nitrogens is 2. The van der Waals surface area contributed by atoms with Crippen molar-refractivity contribution in [3.8, 4) is 22.8 Å². The number of halogens is 2. The zero-order valence-corrected chi connectivity index (χ0v) is 15.5. The Labute approximate surface area is 155 Å². The molecule has 0 spiro atoms. The van der Waals surface area contributed by atoms with Gasteiger partial charge in [-0.25, -0.2) is 0 Å². The molecule has 0 saturated carbocycles. The van der Waals surface area contributed by atoms with Crippen molar-refractivity contribution >= 4 is 24.8 Å². The fourth-order valence-corrected chi connectivity index (χ4v) is 2.93. The van der Waals surface area contributed by atoms with Crippen LogP contribution in [-0.4, -0.2) is 46.5 Å². The summed E-state index contributed by atoms with van der Waals surface area (Å²) in [4.78, 5) is 2.47. The van der Waals surface area contributed by atoms with Crippen LogP contribution in [0.2, 0.25) is 0 Å². The SMILES string of the molecule is COc1ccc(-c2cn(CCN3CCCCC3)nc2O)cc1.Cl.Cl. The Hall–Kier alpha value is -1.43. The first-order valence-corrected chi connectivity index (χ1v) is 7.89. The van der Waals surface area contributed by atoms with Crippen LogP contribution in [0.15, 0.2) is 30.5 Å². The normalized spacial score (nSPS) is 14.5. The molecule has 1 aromatic heterocycles. The zero-order valence-electron chi connectivity index (χ0n) is 13.9. The number of rotatable bonds is 5. The number of likely N-dealkylation sites (tertiary alicyclic amines) is 1. The fourth-order valence-electron chi connectivity index (χ4n) is 2.93. The van der Waals surface area contributed by atoms with Gasteiger partial charge in [0.15, 0.2) is 0 Å². The largest absolute Gasteiger partial charge is 0.497 e. The van der Waals surface area contributed by atoms with E-state index < -0.39 is 0 Å². The maximum absolute atomic E-state index is 10.1. The lowest BCUT2D eigenvalue weighted by molar-refractivity contribution is 0.217. The van der Waals surface area contributed by atoms with Gasteiger partial charge >= 0.3 is 0 Å². The van der Waals surface area contributed by atoms with E-state index in [4.69, 9.17) is 4.74 Å². The van der Waals surface area contributed by atoms with Crippen molar-refractivity contribution in [2.24, 2.45) is 0 Å². The highest BCUT2D eigenvalue weighted by atomic mass is 35.5. The summed E-state index contributed by atoms with van der Waals surface area (Å²) in [5.41, 5.74) is 1.71. The second-order valence-corrected chi connectivity index (χ2v) is 5.76. The Morgan fingerprint density at radius 1 is 1.04 bits per heavy atom. The van der Waals surface area contributed by atoms with Crippen LogP contribution in [-0.2, 0) is 6.54 Å². The minimum absolute atomic E-state index is 0. The number of piperidine rings is 1. The lowest BCUT2D eigenvalue weighted by Crippen LogP contribution is -2.32. The third-order valence-corrected chi connectivity index (χ3v) is 4.24. The quantitative estimate of drug-likeness (QED) is 0.869. The smallest absolute Gasteiger partial charge is 0.238 e. The first-order chi connectivity index (χ1) is 10.8. The van der Waals surface area contributed by atoms with Crippen LogP contribution in [0.1, 0.15) is 19.3 Å². The van der Waals surface area contributed by atoms with E-state index in [0.717, 1.165) is 30.0 Å². The highest BCUT2D eigenvalue weighted by molar-refractivity contribution is 5.85. The zero-order chi connectivity index (χ0) is 15.4. The van der Waals surface area contributed by atoms with Gasteiger partial charge in [-0.1, -0.05) is 18.6 Å². The summed E-state index contributed by atoms with van der Waals surface area (Å²) in [5.74, 6) is 0.893. The van der Waals surface area contributed by atoms with Crippen LogP contribution in [0.25, 0.3) is 11.1 Å². The van der Waals surface area contributed by atoms with E-state index in [9.17, 15) is 5.11 Å². The lowest BCUT2D eigenvalue weighted by atomic mass is 10.1. The van der Waals surface area contributed by atoms with Crippen LogP contribution < -0.4 is 4.74 Å². The Morgan fingerprint density at radius 3 is 2.33 bits per heavy atom. The average Bonchev–Trinajstić information content (AvgIpc) is 2.95. The van der Waals surface area contributed by atoms with Crippen molar-refractivity contribution in [2.45, 2.75) is 25.8 Å². The number of hydrogen-bond acceptors (Lipinski definition) is 4. The molecule has 3 rings (SSSR count). The predicted octanol–water partition coefficient (Wildman–Crippen LogP) is 3.59. The van der Waals surface area contributed by atoms with E-state index >= 15 is 0 Å². The molecule has 1 saturated heterocycles. The van der Waals surface area contributed by atoms with Crippen molar-refractivity contribution < 1.29 is 9.84 Å². The third-order valence-electron chi connectivity index (χ3n) is 4.24. The Kier molecular flexibility index (Phi) is 8.39. The molecule has 1 aliphatic rings. The maximum atomic E-state index is 10.1. The van der Waals surface area contributed by atoms with Gasteiger partial charge in [-0.3, -0.25) is 4.68 Å². The van der Waals surface area contributed by atoms with E-state index in [-0.39, 0.29) is 30.7 Å². The van der Waals surface area contributed by atoms with E-state index in [0.29, 0.717) is 0 Å². The molecule has 5 nitrogen and oxygen atoms in total. The van der Waals surface area contributed by atoms with Gasteiger partial charge in [0, 0.05) is 12.7 Å². The molecule has 1 N–H and O–H groups in total. The molecule has 1 aliphatic heterocycles. The van der Waals surface area contributed by atoms with Crippen LogP contribution in [0.3, 0.4) is 0 Å². The molecule has 7 heteroatoms. The molecule has 0 radical (unpaired) electrons. The van der Waals surface area contributed by atoms with Crippen molar-refractivity contribution in [1.29, 1.82) is 0 Å². The van der Waals surface area contributed by atoms with Crippen molar-refractivity contribution in [3.63, 3.8) is 0 Å². The van der Waals surface area contributed by atoms with Crippen molar-refractivity contribution in [3.05, 3.63) is 30.5 Å². The summed E-state index contributed by atoms with van der Waals surface area (Å²) >= 11 is 0. The Balaban J connectivity index is 0.00000144. The topological polar surface area (TPSA) is 50.5 Å². The van der Waals surface area contributed by atoms with Gasteiger partial charge in [0.2, 0.25) is 5.88 Å². The second-order valence-electron chi connectivity index (χ2n) is 5.76. The number of ether oxygens (including phenoxy) is 1. The number of hydrogen-bond donors (Lipinski definition) is 1. The van der Waals surface area contributed by atoms with Crippen LogP contribution in [0.5, 0.6) is 11.6 Å². The highest BCUT2D eigenvalue weighted by Crippen LogP contribution is 2.29. The van der Waals surface area contributed by atoms with E-state index in [1.54, 1.807) is 7.11 Å². The molecular weight excluding hydrogens is 349 g/mol. The summed E-state index contributed by atoms with van der Waals surface area (Å²) in [6.07, 6.45) is 5.85. The molecule has 24 heavy (non-hydrogen) atoms. The van der Waals surface area contributed by atoms with Crippen LogP contribution in [0.4, 0.5) is 0 Å². The minimum Gasteiger partial charge on any atom is -0.497 e. The van der Waals surface area contributed by atoms with E-state index in [1.807, 2.05) is 35.1 Å².